The molecule has 0 saturated carbocycles. The zero-order valence-electron chi connectivity index (χ0n) is 11.6. The van der Waals surface area contributed by atoms with Crippen LogP contribution in [0, 0.1) is 5.82 Å². The van der Waals surface area contributed by atoms with E-state index in [2.05, 4.69) is 4.74 Å². The van der Waals surface area contributed by atoms with E-state index < -0.39 is 0 Å². The van der Waals surface area contributed by atoms with Gasteiger partial charge in [-0.3, -0.25) is 9.69 Å². The number of esters is 1. The number of nitrogens with zero attached hydrogens (tertiary/aromatic N) is 1. The minimum Gasteiger partial charge on any atom is -0.492 e. The SMILES string of the molecule is COC(=O)CN(CCOc1ccc(F)cc1)C(C)C. The molecule has 0 aliphatic carbocycles. The molecule has 0 bridgehead atoms. The van der Waals surface area contributed by atoms with E-state index in [9.17, 15) is 9.18 Å². The molecule has 1 rings (SSSR count). The predicted molar refractivity (Wildman–Crippen MR) is 70.6 cm³/mol. The third-order valence-electron chi connectivity index (χ3n) is 2.75. The summed E-state index contributed by atoms with van der Waals surface area (Å²) in [5.74, 6) is 0.0560. The molecule has 0 spiro atoms. The van der Waals surface area contributed by atoms with Gasteiger partial charge < -0.3 is 9.47 Å². The molecular formula is C14H20FNO3. The number of rotatable bonds is 7. The smallest absolute Gasteiger partial charge is 0.319 e. The van der Waals surface area contributed by atoms with Gasteiger partial charge in [0.15, 0.2) is 0 Å². The molecule has 0 amide bonds. The summed E-state index contributed by atoms with van der Waals surface area (Å²) < 4.78 is 22.9. The maximum absolute atomic E-state index is 12.7. The number of hydrogen-bond acceptors (Lipinski definition) is 4. The summed E-state index contributed by atoms with van der Waals surface area (Å²) in [6.45, 7) is 5.27. The number of methoxy groups -OCH3 is 1. The lowest BCUT2D eigenvalue weighted by Gasteiger charge is -2.24. The van der Waals surface area contributed by atoms with Crippen LogP contribution in [0.25, 0.3) is 0 Å². The molecule has 0 aliphatic heterocycles. The molecule has 0 heterocycles. The largest absolute Gasteiger partial charge is 0.492 e. The van der Waals surface area contributed by atoms with Crippen LogP contribution in [0.4, 0.5) is 4.39 Å². The Labute approximate surface area is 113 Å². The fourth-order valence-electron chi connectivity index (χ4n) is 1.56. The number of carbonyl (C=O) groups excluding carboxylic acids is 1. The van der Waals surface area contributed by atoms with E-state index in [-0.39, 0.29) is 24.4 Å². The quantitative estimate of drug-likeness (QED) is 0.710. The Morgan fingerprint density at radius 3 is 2.47 bits per heavy atom. The molecule has 1 aromatic carbocycles. The lowest BCUT2D eigenvalue weighted by atomic mass is 10.3. The van der Waals surface area contributed by atoms with Crippen LogP contribution >= 0.6 is 0 Å². The van der Waals surface area contributed by atoms with Gasteiger partial charge in [-0.25, -0.2) is 4.39 Å². The van der Waals surface area contributed by atoms with E-state index in [1.807, 2.05) is 18.7 Å². The van der Waals surface area contributed by atoms with Gasteiger partial charge >= 0.3 is 5.97 Å². The average Bonchev–Trinajstić information content (AvgIpc) is 2.39. The maximum atomic E-state index is 12.7. The number of benzene rings is 1. The summed E-state index contributed by atoms with van der Waals surface area (Å²) in [5.41, 5.74) is 0. The van der Waals surface area contributed by atoms with Crippen LogP contribution in [0.5, 0.6) is 5.75 Å². The van der Waals surface area contributed by atoms with Gasteiger partial charge in [0.2, 0.25) is 0 Å². The number of ether oxygens (including phenoxy) is 2. The van der Waals surface area contributed by atoms with Crippen molar-refractivity contribution >= 4 is 5.97 Å². The summed E-state index contributed by atoms with van der Waals surface area (Å²) in [5, 5.41) is 0. The Bertz CT molecular complexity index is 392. The molecule has 106 valence electrons. The summed E-state index contributed by atoms with van der Waals surface area (Å²) in [7, 11) is 1.37. The van der Waals surface area contributed by atoms with Crippen molar-refractivity contribution < 1.29 is 18.7 Å². The molecule has 0 aromatic heterocycles. The van der Waals surface area contributed by atoms with E-state index in [0.717, 1.165) is 0 Å². The Balaban J connectivity index is 2.39. The molecule has 0 fully saturated rings. The lowest BCUT2D eigenvalue weighted by Crippen LogP contribution is -2.38. The summed E-state index contributed by atoms with van der Waals surface area (Å²) in [4.78, 5) is 13.2. The normalized spacial score (nSPS) is 10.8. The Morgan fingerprint density at radius 2 is 1.95 bits per heavy atom. The van der Waals surface area contributed by atoms with Crippen LogP contribution in [0.15, 0.2) is 24.3 Å². The molecule has 19 heavy (non-hydrogen) atoms. The summed E-state index contributed by atoms with van der Waals surface area (Å²) in [6, 6.07) is 6.08. The van der Waals surface area contributed by atoms with Crippen LogP contribution in [0.3, 0.4) is 0 Å². The molecule has 1 aromatic rings. The van der Waals surface area contributed by atoms with Gasteiger partial charge in [-0.05, 0) is 38.1 Å². The van der Waals surface area contributed by atoms with Crippen LogP contribution in [-0.4, -0.2) is 43.7 Å². The average molecular weight is 269 g/mol. The van der Waals surface area contributed by atoms with Gasteiger partial charge in [0.05, 0.1) is 13.7 Å². The molecule has 0 radical (unpaired) electrons. The van der Waals surface area contributed by atoms with Crippen LogP contribution in [-0.2, 0) is 9.53 Å². The second-order valence-corrected chi connectivity index (χ2v) is 4.44. The van der Waals surface area contributed by atoms with E-state index in [1.165, 1.54) is 19.2 Å². The third kappa shape index (κ3) is 5.70. The van der Waals surface area contributed by atoms with Crippen molar-refractivity contribution in [1.29, 1.82) is 0 Å². The predicted octanol–water partition coefficient (Wildman–Crippen LogP) is 2.09. The van der Waals surface area contributed by atoms with E-state index >= 15 is 0 Å². The first-order chi connectivity index (χ1) is 9.02. The molecule has 4 nitrogen and oxygen atoms in total. The Kier molecular flexibility index (Phi) is 6.29. The van der Waals surface area contributed by atoms with Crippen molar-refractivity contribution in [2.45, 2.75) is 19.9 Å². The minimum absolute atomic E-state index is 0.218. The van der Waals surface area contributed by atoms with E-state index in [1.54, 1.807) is 12.1 Å². The summed E-state index contributed by atoms with van der Waals surface area (Å²) in [6.07, 6.45) is 0. The third-order valence-corrected chi connectivity index (χ3v) is 2.75. The monoisotopic (exact) mass is 269 g/mol. The molecule has 0 saturated heterocycles. The van der Waals surface area contributed by atoms with Crippen molar-refractivity contribution in [3.63, 3.8) is 0 Å². The highest BCUT2D eigenvalue weighted by Crippen LogP contribution is 2.11. The van der Waals surface area contributed by atoms with Gasteiger partial charge in [-0.2, -0.15) is 0 Å². The highest BCUT2D eigenvalue weighted by molar-refractivity contribution is 5.71. The number of carbonyl (C=O) groups is 1. The summed E-state index contributed by atoms with van der Waals surface area (Å²) >= 11 is 0. The van der Waals surface area contributed by atoms with Gasteiger partial charge in [-0.15, -0.1) is 0 Å². The van der Waals surface area contributed by atoms with Gasteiger partial charge in [-0.1, -0.05) is 0 Å². The molecule has 0 aliphatic rings. The Hall–Kier alpha value is -1.62. The van der Waals surface area contributed by atoms with E-state index in [4.69, 9.17) is 4.74 Å². The first kappa shape index (κ1) is 15.4. The van der Waals surface area contributed by atoms with E-state index in [0.29, 0.717) is 18.9 Å². The standard InChI is InChI=1S/C14H20FNO3/c1-11(2)16(10-14(17)18-3)8-9-19-13-6-4-12(15)5-7-13/h4-7,11H,8-10H2,1-3H3. The molecular weight excluding hydrogens is 249 g/mol. The van der Waals surface area contributed by atoms with Gasteiger partial charge in [0.1, 0.15) is 18.2 Å². The van der Waals surface area contributed by atoms with Crippen LogP contribution in [0.1, 0.15) is 13.8 Å². The zero-order valence-corrected chi connectivity index (χ0v) is 11.6. The van der Waals surface area contributed by atoms with Crippen molar-refractivity contribution in [2.75, 3.05) is 26.8 Å². The van der Waals surface area contributed by atoms with Gasteiger partial charge in [0, 0.05) is 12.6 Å². The highest BCUT2D eigenvalue weighted by atomic mass is 19.1. The van der Waals surface area contributed by atoms with Crippen molar-refractivity contribution in [3.05, 3.63) is 30.1 Å². The second-order valence-electron chi connectivity index (χ2n) is 4.44. The Morgan fingerprint density at radius 1 is 1.32 bits per heavy atom. The van der Waals surface area contributed by atoms with Crippen LogP contribution < -0.4 is 4.74 Å². The van der Waals surface area contributed by atoms with Crippen molar-refractivity contribution in [2.24, 2.45) is 0 Å². The second kappa shape index (κ2) is 7.74. The van der Waals surface area contributed by atoms with Gasteiger partial charge in [0.25, 0.3) is 0 Å². The number of halogens is 1. The molecule has 5 heteroatoms. The fraction of sp³-hybridized carbons (Fsp3) is 0.500. The zero-order chi connectivity index (χ0) is 14.3. The maximum Gasteiger partial charge on any atom is 0.319 e. The molecule has 0 unspecified atom stereocenters. The fourth-order valence-corrected chi connectivity index (χ4v) is 1.56. The first-order valence-electron chi connectivity index (χ1n) is 6.22. The molecule has 0 N–H and O–H groups in total. The van der Waals surface area contributed by atoms with Crippen molar-refractivity contribution in [3.8, 4) is 5.75 Å². The minimum atomic E-state index is -0.290. The van der Waals surface area contributed by atoms with Crippen molar-refractivity contribution in [1.82, 2.24) is 4.90 Å². The molecule has 0 atom stereocenters. The lowest BCUT2D eigenvalue weighted by molar-refractivity contribution is -0.142. The first-order valence-corrected chi connectivity index (χ1v) is 6.22. The number of hydrogen-bond donors (Lipinski definition) is 0. The van der Waals surface area contributed by atoms with Crippen LogP contribution in [0.2, 0.25) is 0 Å². The highest BCUT2D eigenvalue weighted by Gasteiger charge is 2.14. The topological polar surface area (TPSA) is 38.8 Å².